The number of nitrogens with two attached hydrogens (primary N) is 1. The van der Waals surface area contributed by atoms with E-state index in [9.17, 15) is 9.18 Å². The van der Waals surface area contributed by atoms with Gasteiger partial charge in [0.25, 0.3) is 5.91 Å². The van der Waals surface area contributed by atoms with Crippen molar-refractivity contribution >= 4 is 5.91 Å². The van der Waals surface area contributed by atoms with Crippen molar-refractivity contribution in [3.05, 3.63) is 29.6 Å². The lowest BCUT2D eigenvalue weighted by molar-refractivity contribution is 0.0923. The van der Waals surface area contributed by atoms with Crippen LogP contribution in [0.15, 0.2) is 18.2 Å². The van der Waals surface area contributed by atoms with Crippen molar-refractivity contribution in [2.75, 3.05) is 13.2 Å². The average molecular weight is 280 g/mol. The van der Waals surface area contributed by atoms with Crippen LogP contribution in [0.3, 0.4) is 0 Å². The molecule has 0 aliphatic heterocycles. The van der Waals surface area contributed by atoms with E-state index in [0.717, 1.165) is 25.7 Å². The average Bonchev–Trinajstić information content (AvgIpc) is 2.47. The Morgan fingerprint density at radius 3 is 2.80 bits per heavy atom. The highest BCUT2D eigenvalue weighted by molar-refractivity contribution is 5.97. The van der Waals surface area contributed by atoms with E-state index >= 15 is 0 Å². The van der Waals surface area contributed by atoms with Gasteiger partial charge in [-0.1, -0.05) is 19.3 Å². The van der Waals surface area contributed by atoms with Crippen LogP contribution in [0.2, 0.25) is 0 Å². The van der Waals surface area contributed by atoms with Gasteiger partial charge < -0.3 is 15.8 Å². The molecule has 0 saturated heterocycles. The molecular weight excluding hydrogens is 259 g/mol. The van der Waals surface area contributed by atoms with Crippen molar-refractivity contribution in [3.63, 3.8) is 0 Å². The normalized spacial score (nSPS) is 15.9. The Bertz CT molecular complexity index is 459. The zero-order valence-electron chi connectivity index (χ0n) is 11.5. The molecule has 1 saturated carbocycles. The Kier molecular flexibility index (Phi) is 5.35. The van der Waals surface area contributed by atoms with Crippen LogP contribution in [0.1, 0.15) is 42.5 Å². The monoisotopic (exact) mass is 280 g/mol. The Labute approximate surface area is 118 Å². The summed E-state index contributed by atoms with van der Waals surface area (Å²) in [6.07, 6.45) is 5.45. The fraction of sp³-hybridized carbons (Fsp3) is 0.533. The third kappa shape index (κ3) is 3.93. The van der Waals surface area contributed by atoms with Gasteiger partial charge in [0.1, 0.15) is 18.2 Å². The Morgan fingerprint density at radius 2 is 2.10 bits per heavy atom. The van der Waals surface area contributed by atoms with E-state index < -0.39 is 5.82 Å². The van der Waals surface area contributed by atoms with E-state index in [0.29, 0.717) is 18.9 Å². The first-order valence-corrected chi connectivity index (χ1v) is 7.14. The molecule has 5 heteroatoms. The zero-order valence-corrected chi connectivity index (χ0v) is 11.5. The summed E-state index contributed by atoms with van der Waals surface area (Å²) in [5, 5.41) is 2.96. The minimum atomic E-state index is -0.445. The SMILES string of the molecule is NCCOc1ccc(F)cc1C(=O)NC1CCCCC1. The van der Waals surface area contributed by atoms with Gasteiger partial charge in [-0.3, -0.25) is 4.79 Å². The molecule has 0 aromatic heterocycles. The van der Waals surface area contributed by atoms with Gasteiger partial charge in [0, 0.05) is 12.6 Å². The summed E-state index contributed by atoms with van der Waals surface area (Å²) in [6, 6.07) is 4.15. The quantitative estimate of drug-likeness (QED) is 0.869. The molecule has 1 aromatic rings. The molecule has 2 rings (SSSR count). The molecule has 4 nitrogen and oxygen atoms in total. The molecule has 0 atom stereocenters. The van der Waals surface area contributed by atoms with E-state index in [1.54, 1.807) is 0 Å². The zero-order chi connectivity index (χ0) is 14.4. The summed E-state index contributed by atoms with van der Waals surface area (Å²) < 4.78 is 18.7. The van der Waals surface area contributed by atoms with Crippen LogP contribution in [-0.2, 0) is 0 Å². The summed E-state index contributed by atoms with van der Waals surface area (Å²) in [7, 11) is 0. The lowest BCUT2D eigenvalue weighted by atomic mass is 9.95. The number of carbonyl (C=O) groups is 1. The molecule has 1 aliphatic rings. The van der Waals surface area contributed by atoms with Crippen LogP contribution in [0.5, 0.6) is 5.75 Å². The lowest BCUT2D eigenvalue weighted by Crippen LogP contribution is -2.36. The van der Waals surface area contributed by atoms with E-state index in [1.807, 2.05) is 0 Å². The smallest absolute Gasteiger partial charge is 0.255 e. The summed E-state index contributed by atoms with van der Waals surface area (Å²) in [4.78, 5) is 12.3. The first kappa shape index (κ1) is 14.8. The molecule has 1 aromatic carbocycles. The first-order valence-electron chi connectivity index (χ1n) is 7.14. The maximum atomic E-state index is 13.3. The van der Waals surface area contributed by atoms with Gasteiger partial charge in [-0.2, -0.15) is 0 Å². The molecule has 20 heavy (non-hydrogen) atoms. The Hall–Kier alpha value is -1.62. The Balaban J connectivity index is 2.08. The Morgan fingerprint density at radius 1 is 1.35 bits per heavy atom. The van der Waals surface area contributed by atoms with Gasteiger partial charge in [0.05, 0.1) is 5.56 Å². The summed E-state index contributed by atoms with van der Waals surface area (Å²) in [5.74, 6) is -0.340. The van der Waals surface area contributed by atoms with E-state index in [-0.39, 0.29) is 17.5 Å². The number of amides is 1. The number of rotatable bonds is 5. The predicted molar refractivity (Wildman–Crippen MR) is 75.3 cm³/mol. The minimum absolute atomic E-state index is 0.182. The lowest BCUT2D eigenvalue weighted by Gasteiger charge is -2.23. The number of hydrogen-bond donors (Lipinski definition) is 2. The van der Waals surface area contributed by atoms with Crippen molar-refractivity contribution in [1.82, 2.24) is 5.32 Å². The molecule has 0 bridgehead atoms. The van der Waals surface area contributed by atoms with Crippen molar-refractivity contribution in [2.45, 2.75) is 38.1 Å². The number of benzene rings is 1. The van der Waals surface area contributed by atoms with E-state index in [4.69, 9.17) is 10.5 Å². The highest BCUT2D eigenvalue weighted by Crippen LogP contribution is 2.22. The van der Waals surface area contributed by atoms with Gasteiger partial charge in [-0.25, -0.2) is 4.39 Å². The van der Waals surface area contributed by atoms with Crippen LogP contribution in [0.25, 0.3) is 0 Å². The van der Waals surface area contributed by atoms with Gasteiger partial charge in [0.2, 0.25) is 0 Å². The second kappa shape index (κ2) is 7.24. The number of halogens is 1. The topological polar surface area (TPSA) is 64.3 Å². The third-order valence-corrected chi connectivity index (χ3v) is 3.50. The highest BCUT2D eigenvalue weighted by atomic mass is 19.1. The third-order valence-electron chi connectivity index (χ3n) is 3.50. The highest BCUT2D eigenvalue weighted by Gasteiger charge is 2.19. The van der Waals surface area contributed by atoms with Crippen LogP contribution in [0.4, 0.5) is 4.39 Å². The largest absolute Gasteiger partial charge is 0.491 e. The minimum Gasteiger partial charge on any atom is -0.491 e. The maximum Gasteiger partial charge on any atom is 0.255 e. The second-order valence-corrected chi connectivity index (χ2v) is 5.09. The molecule has 0 unspecified atom stereocenters. The first-order chi connectivity index (χ1) is 9.70. The number of hydrogen-bond acceptors (Lipinski definition) is 3. The molecule has 0 spiro atoms. The molecule has 1 fully saturated rings. The van der Waals surface area contributed by atoms with Crippen molar-refractivity contribution in [1.29, 1.82) is 0 Å². The molecule has 0 heterocycles. The van der Waals surface area contributed by atoms with E-state index in [1.165, 1.54) is 24.6 Å². The molecular formula is C15H21FN2O2. The van der Waals surface area contributed by atoms with Gasteiger partial charge in [-0.05, 0) is 31.0 Å². The second-order valence-electron chi connectivity index (χ2n) is 5.09. The predicted octanol–water partition coefficient (Wildman–Crippen LogP) is 2.23. The van der Waals surface area contributed by atoms with Crippen LogP contribution in [0, 0.1) is 5.82 Å². The number of ether oxygens (including phenoxy) is 1. The van der Waals surface area contributed by atoms with Crippen LogP contribution < -0.4 is 15.8 Å². The summed E-state index contributed by atoms with van der Waals surface area (Å²) >= 11 is 0. The van der Waals surface area contributed by atoms with E-state index in [2.05, 4.69) is 5.32 Å². The summed E-state index contributed by atoms with van der Waals surface area (Å²) in [5.41, 5.74) is 5.62. The number of nitrogens with one attached hydrogen (secondary N) is 1. The maximum absolute atomic E-state index is 13.3. The van der Waals surface area contributed by atoms with Gasteiger partial charge in [-0.15, -0.1) is 0 Å². The van der Waals surface area contributed by atoms with Crippen LogP contribution in [-0.4, -0.2) is 25.1 Å². The van der Waals surface area contributed by atoms with Gasteiger partial charge in [0.15, 0.2) is 0 Å². The van der Waals surface area contributed by atoms with Gasteiger partial charge >= 0.3 is 0 Å². The van der Waals surface area contributed by atoms with Crippen molar-refractivity contribution < 1.29 is 13.9 Å². The fourth-order valence-electron chi connectivity index (χ4n) is 2.48. The van der Waals surface area contributed by atoms with Crippen molar-refractivity contribution in [2.24, 2.45) is 5.73 Å². The molecule has 0 radical (unpaired) electrons. The standard InChI is InChI=1S/C15H21FN2O2/c16-11-6-7-14(20-9-8-17)13(10-11)15(19)18-12-4-2-1-3-5-12/h6-7,10,12H,1-5,8-9,17H2,(H,18,19). The molecule has 1 aliphatic carbocycles. The van der Waals surface area contributed by atoms with Crippen molar-refractivity contribution in [3.8, 4) is 5.75 Å². The molecule has 3 N–H and O–H groups in total. The fourth-order valence-corrected chi connectivity index (χ4v) is 2.48. The van der Waals surface area contributed by atoms with Crippen LogP contribution >= 0.6 is 0 Å². The summed E-state index contributed by atoms with van der Waals surface area (Å²) in [6.45, 7) is 0.649. The number of carbonyl (C=O) groups excluding carboxylic acids is 1. The molecule has 1 amide bonds. The molecule has 110 valence electrons.